The molecule has 2 heterocycles. The lowest BCUT2D eigenvalue weighted by Crippen LogP contribution is -2.58. The van der Waals surface area contributed by atoms with Gasteiger partial charge in [-0.15, -0.1) is 0 Å². The minimum atomic E-state index is -1.48. The number of aromatic hydroxyl groups is 2. The van der Waals surface area contributed by atoms with E-state index in [1.165, 1.54) is 57.3 Å². The molecule has 19 heteroatoms. The fourth-order valence-corrected chi connectivity index (χ4v) is 8.45. The van der Waals surface area contributed by atoms with Crippen LogP contribution >= 0.6 is 11.6 Å². The monoisotopic (exact) mass is 938 g/mol. The lowest BCUT2D eigenvalue weighted by molar-refractivity contribution is -0.142. The Morgan fingerprint density at radius 1 is 0.866 bits per heavy atom. The second-order valence-corrected chi connectivity index (χ2v) is 17.3. The summed E-state index contributed by atoms with van der Waals surface area (Å²) >= 11 is 6.05. The summed E-state index contributed by atoms with van der Waals surface area (Å²) in [7, 11) is 1.37. The molecule has 0 saturated carbocycles. The molecular formula is C48H55ClN8O10. The average Bonchev–Trinajstić information content (AvgIpc) is 3.70. The number of likely N-dealkylation sites (tertiary alicyclic amines) is 1. The summed E-state index contributed by atoms with van der Waals surface area (Å²) in [6, 6.07) is 14.6. The number of unbranched alkanes of at least 4 members (excludes halogenated alkanes) is 1. The van der Waals surface area contributed by atoms with Crippen LogP contribution in [-0.2, 0) is 35.2 Å². The number of fused-ring (bicyclic) bond motifs is 5. The standard InChI is InChI=1S/C48H55ClN8O10/c1-25-43(62)55-36(45(64)53-26(2)47(66)57-21-19-39(60)41(57)42(51)61)23-27-7-17-37(58)33(22-27)34-24-31(14-18-38(34)59)40(46(65)52-25)56(3)48(67)35(6-4-5-20-50)54-44(63)30-10-8-28(9-11-30)29-12-15-32(49)16-13-29/h7-18,22,24-26,35-36,39-41,58-60H,4-6,19-21,23,50H2,1-3H3,(H2,51,61)(H,52,65)(H,53,64)(H,54,63)(H,55,62). The van der Waals surface area contributed by atoms with Crippen LogP contribution in [0.4, 0.5) is 0 Å². The van der Waals surface area contributed by atoms with Crippen LogP contribution in [0.5, 0.6) is 11.5 Å². The molecule has 354 valence electrons. The topological polar surface area (TPSA) is 287 Å². The van der Waals surface area contributed by atoms with E-state index in [1.807, 2.05) is 12.1 Å². The van der Waals surface area contributed by atoms with Crippen LogP contribution in [0, 0.1) is 0 Å². The van der Waals surface area contributed by atoms with Gasteiger partial charge >= 0.3 is 0 Å². The molecule has 7 unspecified atom stereocenters. The molecule has 2 aliphatic heterocycles. The molecule has 4 aromatic carbocycles. The van der Waals surface area contributed by atoms with E-state index in [4.69, 9.17) is 23.1 Å². The van der Waals surface area contributed by atoms with E-state index >= 15 is 0 Å². The van der Waals surface area contributed by atoms with Crippen molar-refractivity contribution in [1.29, 1.82) is 0 Å². The number of benzene rings is 4. The van der Waals surface area contributed by atoms with Crippen LogP contribution in [0.2, 0.25) is 5.02 Å². The highest BCUT2D eigenvalue weighted by molar-refractivity contribution is 6.30. The molecule has 6 rings (SSSR count). The summed E-state index contributed by atoms with van der Waals surface area (Å²) < 4.78 is 0. The number of nitrogens with zero attached hydrogens (tertiary/aromatic N) is 2. The van der Waals surface area contributed by atoms with Crippen LogP contribution in [-0.4, -0.2) is 123 Å². The van der Waals surface area contributed by atoms with Crippen LogP contribution in [0.3, 0.4) is 0 Å². The number of carbonyl (C=O) groups excluding carboxylic acids is 7. The zero-order valence-electron chi connectivity index (χ0n) is 37.2. The molecule has 4 bridgehead atoms. The second-order valence-electron chi connectivity index (χ2n) is 16.8. The third-order valence-electron chi connectivity index (χ3n) is 12.0. The largest absolute Gasteiger partial charge is 0.507 e. The van der Waals surface area contributed by atoms with Gasteiger partial charge in [-0.2, -0.15) is 0 Å². The molecule has 1 saturated heterocycles. The minimum absolute atomic E-state index is 0.0156. The van der Waals surface area contributed by atoms with Crippen molar-refractivity contribution in [3.05, 3.63) is 107 Å². The summed E-state index contributed by atoms with van der Waals surface area (Å²) in [6.07, 6.45) is -0.137. The maximum Gasteiger partial charge on any atom is 0.251 e. The highest BCUT2D eigenvalue weighted by Crippen LogP contribution is 2.39. The fourth-order valence-electron chi connectivity index (χ4n) is 8.33. The predicted octanol–water partition coefficient (Wildman–Crippen LogP) is 2.01. The zero-order chi connectivity index (χ0) is 48.7. The number of primary amides is 1. The Hall–Kier alpha value is -7.02. The first-order valence-electron chi connectivity index (χ1n) is 21.9. The Labute approximate surface area is 392 Å². The molecule has 4 aromatic rings. The first-order chi connectivity index (χ1) is 31.9. The Balaban J connectivity index is 1.29. The Morgan fingerprint density at radius 2 is 1.49 bits per heavy atom. The molecule has 0 spiro atoms. The summed E-state index contributed by atoms with van der Waals surface area (Å²) in [5.74, 6) is -5.87. The first-order valence-corrected chi connectivity index (χ1v) is 22.2. The van der Waals surface area contributed by atoms with Gasteiger partial charge in [-0.05, 0) is 117 Å². The SMILES string of the molecule is CC1NC(=O)C(N(C)C(=O)C(CCCCN)NC(=O)c2ccc(-c3ccc(Cl)cc3)cc2)c2ccc(O)c(c2)-c2cc(ccc2O)CC(C(=O)NC(C)C(=O)N2CCC(O)C2C(N)=O)NC1=O. The van der Waals surface area contributed by atoms with E-state index < -0.39 is 83.7 Å². The lowest BCUT2D eigenvalue weighted by atomic mass is 9.93. The van der Waals surface area contributed by atoms with Crippen molar-refractivity contribution in [2.45, 2.75) is 88.3 Å². The van der Waals surface area contributed by atoms with Crippen LogP contribution < -0.4 is 32.7 Å². The van der Waals surface area contributed by atoms with Gasteiger partial charge in [0.25, 0.3) is 5.91 Å². The number of nitrogens with one attached hydrogen (secondary N) is 4. The Morgan fingerprint density at radius 3 is 2.13 bits per heavy atom. The summed E-state index contributed by atoms with van der Waals surface area (Å²) in [5.41, 5.74) is 14.0. The van der Waals surface area contributed by atoms with Gasteiger partial charge in [0.05, 0.1) is 6.10 Å². The minimum Gasteiger partial charge on any atom is -0.507 e. The molecule has 0 aliphatic carbocycles. The molecule has 7 atom stereocenters. The van der Waals surface area contributed by atoms with Crippen molar-refractivity contribution in [3.63, 3.8) is 0 Å². The summed E-state index contributed by atoms with van der Waals surface area (Å²) in [4.78, 5) is 98.4. The Bertz CT molecular complexity index is 2520. The van der Waals surface area contributed by atoms with E-state index in [0.29, 0.717) is 30.0 Å². The predicted molar refractivity (Wildman–Crippen MR) is 248 cm³/mol. The number of hydrogen-bond donors (Lipinski definition) is 9. The zero-order valence-corrected chi connectivity index (χ0v) is 38.0. The molecule has 67 heavy (non-hydrogen) atoms. The quantitative estimate of drug-likeness (QED) is 0.0875. The van der Waals surface area contributed by atoms with Gasteiger partial charge in [-0.25, -0.2) is 0 Å². The number of halogens is 1. The molecule has 1 fully saturated rings. The molecule has 2 aliphatic rings. The normalized spacial score (nSPS) is 20.3. The number of aliphatic hydroxyl groups excluding tert-OH is 1. The molecule has 0 radical (unpaired) electrons. The highest BCUT2D eigenvalue weighted by atomic mass is 35.5. The number of amides is 7. The maximum absolute atomic E-state index is 14.6. The second kappa shape index (κ2) is 21.5. The molecule has 11 N–H and O–H groups in total. The van der Waals surface area contributed by atoms with Gasteiger partial charge in [-0.1, -0.05) is 48.0 Å². The van der Waals surface area contributed by atoms with Crippen molar-refractivity contribution >= 4 is 53.0 Å². The number of carbonyl (C=O) groups is 7. The number of rotatable bonds is 13. The van der Waals surface area contributed by atoms with Crippen molar-refractivity contribution in [3.8, 4) is 33.8 Å². The summed E-state index contributed by atoms with van der Waals surface area (Å²) in [5, 5.41) is 43.9. The number of aliphatic hydroxyl groups is 1. The maximum atomic E-state index is 14.6. The number of phenols is 2. The average molecular weight is 939 g/mol. The highest BCUT2D eigenvalue weighted by Gasteiger charge is 2.42. The molecule has 7 amide bonds. The van der Waals surface area contributed by atoms with Crippen molar-refractivity contribution in [2.75, 3.05) is 20.1 Å². The molecule has 18 nitrogen and oxygen atoms in total. The van der Waals surface area contributed by atoms with Gasteiger partial charge < -0.3 is 57.9 Å². The van der Waals surface area contributed by atoms with Gasteiger partial charge in [0.2, 0.25) is 35.4 Å². The molecular weight excluding hydrogens is 884 g/mol. The molecule has 0 aromatic heterocycles. The van der Waals surface area contributed by atoms with Crippen LogP contribution in [0.1, 0.15) is 67.1 Å². The van der Waals surface area contributed by atoms with Crippen molar-refractivity contribution < 1.29 is 48.9 Å². The lowest BCUT2D eigenvalue weighted by Gasteiger charge is -2.32. The van der Waals surface area contributed by atoms with E-state index in [2.05, 4.69) is 21.3 Å². The van der Waals surface area contributed by atoms with Crippen LogP contribution in [0.25, 0.3) is 22.3 Å². The fraction of sp³-hybridized carbons (Fsp3) is 0.354. The number of phenolic OH excluding ortho intramolecular Hbond substituents is 2. The third kappa shape index (κ3) is 11.5. The third-order valence-corrected chi connectivity index (χ3v) is 12.3. The first kappa shape index (κ1) is 49.4. The van der Waals surface area contributed by atoms with Crippen molar-refractivity contribution in [1.82, 2.24) is 31.1 Å². The number of likely N-dealkylation sites (N-methyl/N-ethyl adjacent to an activating group) is 1. The van der Waals surface area contributed by atoms with E-state index in [0.717, 1.165) is 20.9 Å². The van der Waals surface area contributed by atoms with Crippen molar-refractivity contribution in [2.24, 2.45) is 11.5 Å². The van der Waals surface area contributed by atoms with E-state index in [-0.39, 0.29) is 59.6 Å². The number of hydrogen-bond acceptors (Lipinski definition) is 11. The van der Waals surface area contributed by atoms with E-state index in [9.17, 15) is 48.9 Å². The van der Waals surface area contributed by atoms with Gasteiger partial charge in [-0.3, -0.25) is 33.6 Å². The van der Waals surface area contributed by atoms with Gasteiger partial charge in [0.15, 0.2) is 0 Å². The van der Waals surface area contributed by atoms with Crippen LogP contribution in [0.15, 0.2) is 84.9 Å². The number of nitrogens with two attached hydrogens (primary N) is 2. The van der Waals surface area contributed by atoms with Gasteiger partial charge in [0.1, 0.15) is 47.8 Å². The van der Waals surface area contributed by atoms with E-state index in [1.54, 1.807) is 36.4 Å². The summed E-state index contributed by atoms with van der Waals surface area (Å²) in [6.45, 7) is 3.09. The smallest absolute Gasteiger partial charge is 0.251 e. The Kier molecular flexibility index (Phi) is 15.9. The van der Waals surface area contributed by atoms with Gasteiger partial charge in [0, 0.05) is 41.7 Å².